The maximum atomic E-state index is 14.1. The molecule has 0 bridgehead atoms. The van der Waals surface area contributed by atoms with Gasteiger partial charge in [0.1, 0.15) is 16.5 Å². The van der Waals surface area contributed by atoms with Crippen LogP contribution in [-0.2, 0) is 22.1 Å². The number of β-amino-alcohol motifs (C(OH)–C–C–N with tert-alkyl or cyclic N) is 1. The zero-order valence-electron chi connectivity index (χ0n) is 18.8. The van der Waals surface area contributed by atoms with Crippen LogP contribution in [0.1, 0.15) is 21.5 Å². The van der Waals surface area contributed by atoms with Crippen LogP contribution >= 0.6 is 11.3 Å². The Balaban J connectivity index is 1.38. The summed E-state index contributed by atoms with van der Waals surface area (Å²) >= 11 is 1.49. The normalized spacial score (nSPS) is 13.3. The molecule has 2 aromatic heterocycles. The Bertz CT molecular complexity index is 1580. The first-order valence-electron chi connectivity index (χ1n) is 11.0. The predicted molar refractivity (Wildman–Crippen MR) is 132 cm³/mol. The number of pyridine rings is 1. The second-order valence-corrected chi connectivity index (χ2v) is 11.4. The van der Waals surface area contributed by atoms with Crippen LogP contribution in [-0.4, -0.2) is 42.5 Å². The largest absolute Gasteiger partial charge is 0.395 e. The van der Waals surface area contributed by atoms with Gasteiger partial charge in [-0.1, -0.05) is 6.07 Å². The van der Waals surface area contributed by atoms with Crippen molar-refractivity contribution in [2.75, 3.05) is 13.2 Å². The Hall–Kier alpha value is -3.47. The quantitative estimate of drug-likeness (QED) is 0.354. The van der Waals surface area contributed by atoms with E-state index in [1.807, 2.05) is 24.3 Å². The lowest BCUT2D eigenvalue weighted by Gasteiger charge is -2.12. The van der Waals surface area contributed by atoms with Crippen LogP contribution in [0.2, 0.25) is 0 Å². The minimum absolute atomic E-state index is 0.0872. The first-order chi connectivity index (χ1) is 17.2. The van der Waals surface area contributed by atoms with E-state index in [2.05, 4.69) is 4.98 Å². The Kier molecular flexibility index (Phi) is 6.42. The SMILES string of the molecule is O=C1c2ccc(-c3ccc(-c4cncc(CS(=O)(=O)c5ccc(F)cc5F)c4)s3)cc2CN1CCO. The lowest BCUT2D eigenvalue weighted by Crippen LogP contribution is -2.26. The summed E-state index contributed by atoms with van der Waals surface area (Å²) in [5.74, 6) is -2.54. The molecular formula is C26H20F2N2O4S2. The molecule has 5 rings (SSSR count). The van der Waals surface area contributed by atoms with E-state index < -0.39 is 32.1 Å². The number of aliphatic hydroxyl groups excluding tert-OH is 1. The van der Waals surface area contributed by atoms with Gasteiger partial charge in [-0.25, -0.2) is 17.2 Å². The van der Waals surface area contributed by atoms with E-state index in [0.29, 0.717) is 35.8 Å². The van der Waals surface area contributed by atoms with Gasteiger partial charge in [-0.3, -0.25) is 9.78 Å². The van der Waals surface area contributed by atoms with Gasteiger partial charge < -0.3 is 10.0 Å². The number of thiophene rings is 1. The first-order valence-corrected chi connectivity index (χ1v) is 13.5. The highest BCUT2D eigenvalue weighted by Gasteiger charge is 2.27. The van der Waals surface area contributed by atoms with Crippen molar-refractivity contribution in [3.05, 3.63) is 95.3 Å². The number of fused-ring (bicyclic) bond motifs is 1. The van der Waals surface area contributed by atoms with Crippen LogP contribution in [0.15, 0.2) is 71.9 Å². The molecule has 0 fully saturated rings. The average molecular weight is 527 g/mol. The van der Waals surface area contributed by atoms with Crippen molar-refractivity contribution in [2.45, 2.75) is 17.2 Å². The van der Waals surface area contributed by atoms with Gasteiger partial charge in [-0.05, 0) is 59.2 Å². The maximum Gasteiger partial charge on any atom is 0.254 e. The number of halogens is 2. The number of amides is 1. The van der Waals surface area contributed by atoms with Crippen LogP contribution < -0.4 is 0 Å². The van der Waals surface area contributed by atoms with E-state index in [1.165, 1.54) is 17.5 Å². The maximum absolute atomic E-state index is 14.1. The smallest absolute Gasteiger partial charge is 0.254 e. The van der Waals surface area contributed by atoms with E-state index in [0.717, 1.165) is 33.0 Å². The molecule has 0 unspecified atom stereocenters. The van der Waals surface area contributed by atoms with Crippen molar-refractivity contribution in [1.82, 2.24) is 9.88 Å². The zero-order valence-corrected chi connectivity index (χ0v) is 20.5. The van der Waals surface area contributed by atoms with Crippen molar-refractivity contribution in [2.24, 2.45) is 0 Å². The summed E-state index contributed by atoms with van der Waals surface area (Å²) < 4.78 is 52.7. The molecule has 1 aliphatic rings. The van der Waals surface area contributed by atoms with Gasteiger partial charge in [0.25, 0.3) is 5.91 Å². The third kappa shape index (κ3) is 4.67. The lowest BCUT2D eigenvalue weighted by atomic mass is 10.1. The van der Waals surface area contributed by atoms with E-state index in [1.54, 1.807) is 23.2 Å². The molecule has 0 saturated carbocycles. The van der Waals surface area contributed by atoms with Crippen molar-refractivity contribution in [3.8, 4) is 20.9 Å². The van der Waals surface area contributed by atoms with Gasteiger partial charge in [0.05, 0.1) is 12.4 Å². The topological polar surface area (TPSA) is 87.6 Å². The number of aromatic nitrogens is 1. The standard InChI is InChI=1S/C26H20F2N2O4S2/c27-20-2-6-25(22(28)11-20)36(33,34)15-16-9-18(13-29-12-16)24-5-4-23(35-24)17-1-3-21-19(10-17)14-30(7-8-31)26(21)32/h1-6,9-13,31H,7-8,14-15H2. The van der Waals surface area contributed by atoms with Gasteiger partial charge in [-0.15, -0.1) is 11.3 Å². The summed E-state index contributed by atoms with van der Waals surface area (Å²) in [4.78, 5) is 19.5. The van der Waals surface area contributed by atoms with E-state index in [-0.39, 0.29) is 12.5 Å². The van der Waals surface area contributed by atoms with Crippen LogP contribution in [0.3, 0.4) is 0 Å². The molecular weight excluding hydrogens is 506 g/mol. The van der Waals surface area contributed by atoms with Gasteiger partial charge >= 0.3 is 0 Å². The Morgan fingerprint density at radius 2 is 1.75 bits per heavy atom. The zero-order chi connectivity index (χ0) is 25.4. The predicted octanol–water partition coefficient (Wildman–Crippen LogP) is 4.68. The van der Waals surface area contributed by atoms with Crippen molar-refractivity contribution in [3.63, 3.8) is 0 Å². The van der Waals surface area contributed by atoms with Crippen LogP contribution in [0, 0.1) is 11.6 Å². The number of carbonyl (C=O) groups excluding carboxylic acids is 1. The van der Waals surface area contributed by atoms with Crippen LogP contribution in [0.5, 0.6) is 0 Å². The highest BCUT2D eigenvalue weighted by atomic mass is 32.2. The highest BCUT2D eigenvalue weighted by Crippen LogP contribution is 2.36. The van der Waals surface area contributed by atoms with Crippen molar-refractivity contribution < 1.29 is 27.1 Å². The van der Waals surface area contributed by atoms with E-state index in [4.69, 9.17) is 5.11 Å². The number of sulfone groups is 1. The summed E-state index contributed by atoms with van der Waals surface area (Å²) in [5.41, 5.74) is 3.58. The first kappa shape index (κ1) is 24.2. The number of aliphatic hydroxyl groups is 1. The molecule has 0 atom stereocenters. The summed E-state index contributed by atoms with van der Waals surface area (Å²) in [5, 5.41) is 9.17. The molecule has 1 N–H and O–H groups in total. The van der Waals surface area contributed by atoms with E-state index >= 15 is 0 Å². The summed E-state index contributed by atoms with van der Waals surface area (Å²) in [6, 6.07) is 13.6. The molecule has 2 aromatic carbocycles. The summed E-state index contributed by atoms with van der Waals surface area (Å²) in [6.45, 7) is 0.656. The third-order valence-corrected chi connectivity index (χ3v) is 8.81. The van der Waals surface area contributed by atoms with Crippen molar-refractivity contribution in [1.29, 1.82) is 0 Å². The minimum Gasteiger partial charge on any atom is -0.395 e. The van der Waals surface area contributed by atoms with Gasteiger partial charge in [-0.2, -0.15) is 0 Å². The summed E-state index contributed by atoms with van der Waals surface area (Å²) in [7, 11) is -4.04. The third-order valence-electron chi connectivity index (χ3n) is 5.91. The average Bonchev–Trinajstić information content (AvgIpc) is 3.44. The Morgan fingerprint density at radius 3 is 2.50 bits per heavy atom. The van der Waals surface area contributed by atoms with Crippen LogP contribution in [0.25, 0.3) is 20.9 Å². The number of rotatable bonds is 7. The lowest BCUT2D eigenvalue weighted by molar-refractivity contribution is 0.0745. The molecule has 0 saturated heterocycles. The monoisotopic (exact) mass is 526 g/mol. The molecule has 0 spiro atoms. The fraction of sp³-hybridized carbons (Fsp3) is 0.154. The fourth-order valence-corrected chi connectivity index (χ4v) is 6.58. The molecule has 0 aliphatic carbocycles. The number of nitrogens with zero attached hydrogens (tertiary/aromatic N) is 2. The molecule has 6 nitrogen and oxygen atoms in total. The summed E-state index contributed by atoms with van der Waals surface area (Å²) in [6.07, 6.45) is 3.03. The Morgan fingerprint density at radius 1 is 0.972 bits per heavy atom. The number of benzene rings is 2. The molecule has 3 heterocycles. The molecule has 0 radical (unpaired) electrons. The minimum atomic E-state index is -4.04. The van der Waals surface area contributed by atoms with Crippen LogP contribution in [0.4, 0.5) is 8.78 Å². The second-order valence-electron chi connectivity index (χ2n) is 8.40. The van der Waals surface area contributed by atoms with Gasteiger partial charge in [0, 0.05) is 52.4 Å². The molecule has 10 heteroatoms. The van der Waals surface area contributed by atoms with Gasteiger partial charge in [0.2, 0.25) is 0 Å². The van der Waals surface area contributed by atoms with Crippen molar-refractivity contribution >= 4 is 27.1 Å². The molecule has 1 aliphatic heterocycles. The molecule has 184 valence electrons. The van der Waals surface area contributed by atoms with Gasteiger partial charge in [0.15, 0.2) is 9.84 Å². The fourth-order valence-electron chi connectivity index (χ4n) is 4.21. The molecule has 1 amide bonds. The number of carbonyl (C=O) groups is 1. The molecule has 4 aromatic rings. The number of hydrogen-bond acceptors (Lipinski definition) is 6. The number of hydrogen-bond donors (Lipinski definition) is 1. The Labute approximate surface area is 210 Å². The van der Waals surface area contributed by atoms with E-state index in [9.17, 15) is 22.0 Å². The molecule has 36 heavy (non-hydrogen) atoms. The highest BCUT2D eigenvalue weighted by molar-refractivity contribution is 7.90. The second kappa shape index (κ2) is 9.53.